The van der Waals surface area contributed by atoms with Crippen molar-refractivity contribution < 1.29 is 14.3 Å². The maximum absolute atomic E-state index is 10.9. The van der Waals surface area contributed by atoms with Gasteiger partial charge in [0.2, 0.25) is 5.89 Å². The maximum atomic E-state index is 10.9. The minimum Gasteiger partial charge on any atom is -0.476 e. The van der Waals surface area contributed by atoms with Gasteiger partial charge in [-0.15, -0.1) is 0 Å². The van der Waals surface area contributed by atoms with Crippen molar-refractivity contribution in [3.8, 4) is 11.5 Å². The van der Waals surface area contributed by atoms with Crippen molar-refractivity contribution in [2.45, 2.75) is 13.8 Å². The van der Waals surface area contributed by atoms with Crippen molar-refractivity contribution in [3.63, 3.8) is 0 Å². The molecule has 1 N–H and O–H groups in total. The van der Waals surface area contributed by atoms with Crippen LogP contribution in [0.1, 0.15) is 21.8 Å². The third-order valence-corrected chi connectivity index (χ3v) is 2.91. The number of hydrogen-bond acceptors (Lipinski definition) is 3. The number of aryl methyl sites for hydroxylation is 1. The van der Waals surface area contributed by atoms with E-state index in [-0.39, 0.29) is 17.3 Å². The quantitative estimate of drug-likeness (QED) is 0.889. The fraction of sp³-hybridized carbons (Fsp3) is 0.167. The van der Waals surface area contributed by atoms with Crippen LogP contribution in [0, 0.1) is 13.8 Å². The summed E-state index contributed by atoms with van der Waals surface area (Å²) in [5.41, 5.74) is 1.44. The Kier molecular flexibility index (Phi) is 2.90. The number of hydrogen-bond donors (Lipinski definition) is 1. The summed E-state index contributed by atoms with van der Waals surface area (Å²) >= 11 is 5.99. The molecule has 0 fully saturated rings. The molecule has 4 nitrogen and oxygen atoms in total. The number of aromatic nitrogens is 1. The lowest BCUT2D eigenvalue weighted by molar-refractivity contribution is 0.0689. The van der Waals surface area contributed by atoms with Crippen LogP contribution in [0.4, 0.5) is 0 Å². The summed E-state index contributed by atoms with van der Waals surface area (Å²) in [6.07, 6.45) is 0. The first-order valence-corrected chi connectivity index (χ1v) is 5.34. The van der Waals surface area contributed by atoms with Crippen molar-refractivity contribution >= 4 is 17.6 Å². The van der Waals surface area contributed by atoms with Crippen molar-refractivity contribution in [2.75, 3.05) is 0 Å². The number of benzene rings is 1. The van der Waals surface area contributed by atoms with Gasteiger partial charge in [0.1, 0.15) is 5.76 Å². The minimum atomic E-state index is -1.10. The molecule has 17 heavy (non-hydrogen) atoms. The minimum absolute atomic E-state index is 0.0700. The Hall–Kier alpha value is -1.81. The van der Waals surface area contributed by atoms with E-state index in [9.17, 15) is 4.79 Å². The number of nitrogens with zero attached hydrogens (tertiary/aromatic N) is 1. The monoisotopic (exact) mass is 251 g/mol. The van der Waals surface area contributed by atoms with E-state index in [4.69, 9.17) is 21.1 Å². The third kappa shape index (κ3) is 2.03. The van der Waals surface area contributed by atoms with Gasteiger partial charge in [-0.25, -0.2) is 9.78 Å². The van der Waals surface area contributed by atoms with Crippen LogP contribution >= 0.6 is 11.6 Å². The van der Waals surface area contributed by atoms with Gasteiger partial charge in [0.05, 0.1) is 0 Å². The first-order valence-electron chi connectivity index (χ1n) is 4.97. The summed E-state index contributed by atoms with van der Waals surface area (Å²) in [6, 6.07) is 5.32. The molecule has 0 amide bonds. The molecule has 5 heteroatoms. The summed E-state index contributed by atoms with van der Waals surface area (Å²) in [5.74, 6) is -0.538. The van der Waals surface area contributed by atoms with E-state index >= 15 is 0 Å². The van der Waals surface area contributed by atoms with Crippen LogP contribution in [0.25, 0.3) is 11.5 Å². The van der Waals surface area contributed by atoms with E-state index in [1.807, 2.05) is 6.92 Å². The topological polar surface area (TPSA) is 63.3 Å². The highest BCUT2D eigenvalue weighted by Crippen LogP contribution is 2.28. The van der Waals surface area contributed by atoms with E-state index in [1.165, 1.54) is 0 Å². The highest BCUT2D eigenvalue weighted by Gasteiger charge is 2.18. The molecule has 0 aliphatic carbocycles. The smallest absolute Gasteiger partial charge is 0.358 e. The molecule has 0 atom stereocenters. The first-order chi connectivity index (χ1) is 8.00. The number of oxazole rings is 1. The molecule has 0 aliphatic heterocycles. The average Bonchev–Trinajstić information content (AvgIpc) is 2.64. The van der Waals surface area contributed by atoms with Crippen molar-refractivity contribution in [1.82, 2.24) is 4.98 Å². The Labute approximate surface area is 103 Å². The highest BCUT2D eigenvalue weighted by molar-refractivity contribution is 6.31. The van der Waals surface area contributed by atoms with Gasteiger partial charge in [-0.1, -0.05) is 17.7 Å². The standard InChI is InChI=1S/C12H10ClNO3/c1-6-8(4-3-5-9(6)13)11-14-10(12(15)16)7(2)17-11/h3-5H,1-2H3,(H,15,16). The Morgan fingerprint density at radius 3 is 2.71 bits per heavy atom. The zero-order valence-corrected chi connectivity index (χ0v) is 10.1. The summed E-state index contributed by atoms with van der Waals surface area (Å²) in [4.78, 5) is 14.8. The molecular formula is C12H10ClNO3. The second-order valence-electron chi connectivity index (χ2n) is 3.64. The lowest BCUT2D eigenvalue weighted by atomic mass is 10.1. The Morgan fingerprint density at radius 1 is 1.41 bits per heavy atom. The van der Waals surface area contributed by atoms with Crippen LogP contribution in [-0.4, -0.2) is 16.1 Å². The van der Waals surface area contributed by atoms with Crippen molar-refractivity contribution in [1.29, 1.82) is 0 Å². The summed E-state index contributed by atoms with van der Waals surface area (Å²) in [7, 11) is 0. The van der Waals surface area contributed by atoms with Gasteiger partial charge in [-0.2, -0.15) is 0 Å². The predicted molar refractivity (Wildman–Crippen MR) is 63.4 cm³/mol. The van der Waals surface area contributed by atoms with Crippen molar-refractivity contribution in [3.05, 3.63) is 40.2 Å². The summed E-state index contributed by atoms with van der Waals surface area (Å²) < 4.78 is 5.35. The van der Waals surface area contributed by atoms with E-state index in [0.717, 1.165) is 5.56 Å². The molecule has 0 saturated carbocycles. The lowest BCUT2D eigenvalue weighted by Gasteiger charge is -2.02. The van der Waals surface area contributed by atoms with Crippen LogP contribution in [-0.2, 0) is 0 Å². The van der Waals surface area contributed by atoms with Gasteiger partial charge >= 0.3 is 5.97 Å². The molecule has 0 aliphatic rings. The third-order valence-electron chi connectivity index (χ3n) is 2.50. The molecule has 1 heterocycles. The second-order valence-corrected chi connectivity index (χ2v) is 4.05. The molecule has 1 aromatic carbocycles. The molecule has 0 saturated heterocycles. The number of carboxylic acid groups (broad SMARTS) is 1. The van der Waals surface area contributed by atoms with Gasteiger partial charge < -0.3 is 9.52 Å². The van der Waals surface area contributed by atoms with Crippen LogP contribution in [0.15, 0.2) is 22.6 Å². The van der Waals surface area contributed by atoms with E-state index < -0.39 is 5.97 Å². The van der Waals surface area contributed by atoms with Gasteiger partial charge in [0.25, 0.3) is 0 Å². The second kappa shape index (κ2) is 4.22. The zero-order chi connectivity index (χ0) is 12.6. The summed E-state index contributed by atoms with van der Waals surface area (Å²) in [5, 5.41) is 9.49. The lowest BCUT2D eigenvalue weighted by Crippen LogP contribution is -1.98. The predicted octanol–water partition coefficient (Wildman–Crippen LogP) is 3.31. The van der Waals surface area contributed by atoms with Gasteiger partial charge in [-0.3, -0.25) is 0 Å². The van der Waals surface area contributed by atoms with Gasteiger partial charge in [-0.05, 0) is 31.5 Å². The SMILES string of the molecule is Cc1oc(-c2cccc(Cl)c2C)nc1C(=O)O. The van der Waals surface area contributed by atoms with E-state index in [1.54, 1.807) is 25.1 Å². The molecule has 88 valence electrons. The van der Waals surface area contributed by atoms with Crippen LogP contribution in [0.3, 0.4) is 0 Å². The van der Waals surface area contributed by atoms with Crippen LogP contribution < -0.4 is 0 Å². The largest absolute Gasteiger partial charge is 0.476 e. The molecule has 2 rings (SSSR count). The van der Waals surface area contributed by atoms with Gasteiger partial charge in [0.15, 0.2) is 5.69 Å². The van der Waals surface area contributed by atoms with Crippen LogP contribution in [0.5, 0.6) is 0 Å². The van der Waals surface area contributed by atoms with Crippen LogP contribution in [0.2, 0.25) is 5.02 Å². The molecule has 0 unspecified atom stereocenters. The Bertz CT molecular complexity index is 589. The maximum Gasteiger partial charge on any atom is 0.358 e. The molecule has 0 spiro atoms. The zero-order valence-electron chi connectivity index (χ0n) is 9.32. The average molecular weight is 252 g/mol. The molecule has 0 bridgehead atoms. The Balaban J connectivity index is 2.58. The van der Waals surface area contributed by atoms with Crippen molar-refractivity contribution in [2.24, 2.45) is 0 Å². The number of rotatable bonds is 2. The first kappa shape index (κ1) is 11.7. The number of halogens is 1. The van der Waals surface area contributed by atoms with E-state index in [0.29, 0.717) is 10.6 Å². The Morgan fingerprint density at radius 2 is 2.12 bits per heavy atom. The molecule has 0 radical (unpaired) electrons. The van der Waals surface area contributed by atoms with E-state index in [2.05, 4.69) is 4.98 Å². The normalized spacial score (nSPS) is 10.5. The number of aromatic carboxylic acids is 1. The highest BCUT2D eigenvalue weighted by atomic mass is 35.5. The molecular weight excluding hydrogens is 242 g/mol. The molecule has 1 aromatic heterocycles. The van der Waals surface area contributed by atoms with Gasteiger partial charge in [0, 0.05) is 10.6 Å². The molecule has 2 aromatic rings. The number of carbonyl (C=O) groups is 1. The fourth-order valence-corrected chi connectivity index (χ4v) is 1.72. The fourth-order valence-electron chi connectivity index (χ4n) is 1.55. The summed E-state index contributed by atoms with van der Waals surface area (Å²) in [6.45, 7) is 3.40. The number of carboxylic acids is 1.